The molecule has 1 heterocycles. The monoisotopic (exact) mass is 430 g/mol. The Kier molecular flexibility index (Phi) is 6.38. The summed E-state index contributed by atoms with van der Waals surface area (Å²) in [5.74, 6) is 0.0977. The highest BCUT2D eigenvalue weighted by molar-refractivity contribution is 5.93. The van der Waals surface area contributed by atoms with Gasteiger partial charge in [-0.05, 0) is 55.5 Å². The van der Waals surface area contributed by atoms with Crippen LogP contribution in [0, 0.1) is 31.0 Å². The molecule has 1 fully saturated rings. The number of benzene rings is 2. The second kappa shape index (κ2) is 9.37. The lowest BCUT2D eigenvalue weighted by atomic mass is 10.2. The maximum atomic E-state index is 13.6. The smallest absolute Gasteiger partial charge is 0.239 e. The van der Waals surface area contributed by atoms with Crippen LogP contribution in [-0.2, 0) is 17.9 Å². The number of halogens is 1. The van der Waals surface area contributed by atoms with Crippen molar-refractivity contribution < 1.29 is 9.18 Å². The molecule has 2 aromatic carbocycles. The fourth-order valence-electron chi connectivity index (χ4n) is 4.07. The largest absolute Gasteiger partial charge is 0.326 e. The molecule has 164 valence electrons. The summed E-state index contributed by atoms with van der Waals surface area (Å²) in [4.78, 5) is 15.1. The Bertz CT molecular complexity index is 1160. The van der Waals surface area contributed by atoms with Crippen LogP contribution in [0.15, 0.2) is 54.6 Å². The van der Waals surface area contributed by atoms with E-state index in [1.165, 1.54) is 12.1 Å². The summed E-state index contributed by atoms with van der Waals surface area (Å²) in [7, 11) is 0. The maximum absolute atomic E-state index is 13.6. The molecule has 0 atom stereocenters. The van der Waals surface area contributed by atoms with Crippen LogP contribution < -0.4 is 5.32 Å². The zero-order valence-electron chi connectivity index (χ0n) is 18.4. The number of rotatable bonds is 8. The molecule has 1 N–H and O–H groups in total. The SMILES string of the molecule is Cc1c(C#N)c(NC(=O)CN(Cc2cccc(F)c2)C2CC2)n(Cc2ccccc2)c1C. The van der Waals surface area contributed by atoms with Gasteiger partial charge in [0.1, 0.15) is 17.7 Å². The predicted molar refractivity (Wildman–Crippen MR) is 123 cm³/mol. The zero-order valence-corrected chi connectivity index (χ0v) is 18.4. The van der Waals surface area contributed by atoms with Crippen LogP contribution in [0.25, 0.3) is 0 Å². The highest BCUT2D eigenvalue weighted by Gasteiger charge is 2.31. The average molecular weight is 431 g/mol. The highest BCUT2D eigenvalue weighted by atomic mass is 19.1. The topological polar surface area (TPSA) is 61.1 Å². The van der Waals surface area contributed by atoms with E-state index in [-0.39, 0.29) is 18.3 Å². The van der Waals surface area contributed by atoms with E-state index in [2.05, 4.69) is 16.3 Å². The number of nitrogens with one attached hydrogen (secondary N) is 1. The normalized spacial score (nSPS) is 13.2. The van der Waals surface area contributed by atoms with Crippen molar-refractivity contribution >= 4 is 11.7 Å². The second-order valence-electron chi connectivity index (χ2n) is 8.43. The Morgan fingerprint density at radius 3 is 2.53 bits per heavy atom. The van der Waals surface area contributed by atoms with E-state index in [0.717, 1.165) is 35.2 Å². The lowest BCUT2D eigenvalue weighted by Crippen LogP contribution is -2.35. The minimum Gasteiger partial charge on any atom is -0.326 e. The molecule has 0 spiro atoms. The van der Waals surface area contributed by atoms with Crippen LogP contribution in [-0.4, -0.2) is 28.0 Å². The summed E-state index contributed by atoms with van der Waals surface area (Å²) in [6, 6.07) is 19.1. The van der Waals surface area contributed by atoms with Crippen LogP contribution in [0.5, 0.6) is 0 Å². The average Bonchev–Trinajstić information content (AvgIpc) is 3.59. The lowest BCUT2D eigenvalue weighted by Gasteiger charge is -2.22. The van der Waals surface area contributed by atoms with Crippen molar-refractivity contribution in [3.05, 3.63) is 88.4 Å². The number of hydrogen-bond acceptors (Lipinski definition) is 3. The number of nitrogens with zero attached hydrogens (tertiary/aromatic N) is 3. The van der Waals surface area contributed by atoms with Crippen LogP contribution >= 0.6 is 0 Å². The second-order valence-corrected chi connectivity index (χ2v) is 8.43. The molecule has 3 aromatic rings. The minimum absolute atomic E-state index is 0.170. The van der Waals surface area contributed by atoms with Gasteiger partial charge in [0, 0.05) is 24.8 Å². The molecular weight excluding hydrogens is 403 g/mol. The maximum Gasteiger partial charge on any atom is 0.239 e. The van der Waals surface area contributed by atoms with Gasteiger partial charge in [-0.2, -0.15) is 5.26 Å². The molecule has 1 amide bonds. The first-order valence-corrected chi connectivity index (χ1v) is 10.9. The molecule has 1 aliphatic carbocycles. The summed E-state index contributed by atoms with van der Waals surface area (Å²) in [5.41, 5.74) is 4.27. The molecule has 0 saturated heterocycles. The predicted octanol–water partition coefficient (Wildman–Crippen LogP) is 4.77. The van der Waals surface area contributed by atoms with Crippen molar-refractivity contribution in [2.45, 2.75) is 45.8 Å². The molecule has 5 nitrogen and oxygen atoms in total. The Morgan fingerprint density at radius 2 is 1.88 bits per heavy atom. The summed E-state index contributed by atoms with van der Waals surface area (Å²) in [6.45, 7) is 5.16. The minimum atomic E-state index is -0.272. The highest BCUT2D eigenvalue weighted by Crippen LogP contribution is 2.30. The van der Waals surface area contributed by atoms with Crippen LogP contribution in [0.3, 0.4) is 0 Å². The summed E-state index contributed by atoms with van der Waals surface area (Å²) < 4.78 is 15.6. The first kappa shape index (κ1) is 21.8. The third kappa shape index (κ3) is 4.90. The van der Waals surface area contributed by atoms with Crippen molar-refractivity contribution in [1.82, 2.24) is 9.47 Å². The van der Waals surface area contributed by atoms with Crippen LogP contribution in [0.2, 0.25) is 0 Å². The number of aromatic nitrogens is 1. The fourth-order valence-corrected chi connectivity index (χ4v) is 4.07. The van der Waals surface area contributed by atoms with Crippen molar-refractivity contribution in [2.24, 2.45) is 0 Å². The quantitative estimate of drug-likeness (QED) is 0.560. The van der Waals surface area contributed by atoms with Gasteiger partial charge < -0.3 is 9.88 Å². The molecule has 0 aliphatic heterocycles. The molecule has 0 unspecified atom stereocenters. The van der Waals surface area contributed by atoms with Gasteiger partial charge in [0.15, 0.2) is 0 Å². The molecule has 1 saturated carbocycles. The third-order valence-corrected chi connectivity index (χ3v) is 6.07. The standard InChI is InChI=1S/C26H27FN4O/c1-18-19(2)31(16-20-7-4-3-5-8-20)26(24(18)14-28)29-25(32)17-30(23-11-12-23)15-21-9-6-10-22(27)13-21/h3-10,13,23H,11-12,15-17H2,1-2H3,(H,29,32). The van der Waals surface area contributed by atoms with Gasteiger partial charge in [0.05, 0.1) is 12.1 Å². The van der Waals surface area contributed by atoms with E-state index in [0.29, 0.717) is 30.5 Å². The molecule has 1 aliphatic rings. The van der Waals surface area contributed by atoms with E-state index >= 15 is 0 Å². The number of anilines is 1. The van der Waals surface area contributed by atoms with E-state index in [1.807, 2.05) is 54.8 Å². The number of carbonyl (C=O) groups is 1. The molecule has 1 aromatic heterocycles. The molecular formula is C26H27FN4O. The Balaban J connectivity index is 1.54. The van der Waals surface area contributed by atoms with Gasteiger partial charge in [0.2, 0.25) is 5.91 Å². The van der Waals surface area contributed by atoms with Crippen molar-refractivity contribution in [3.8, 4) is 6.07 Å². The van der Waals surface area contributed by atoms with Gasteiger partial charge in [-0.15, -0.1) is 0 Å². The van der Waals surface area contributed by atoms with E-state index in [9.17, 15) is 14.4 Å². The lowest BCUT2D eigenvalue weighted by molar-refractivity contribution is -0.117. The van der Waals surface area contributed by atoms with E-state index in [1.54, 1.807) is 6.07 Å². The molecule has 0 radical (unpaired) electrons. The van der Waals surface area contributed by atoms with Gasteiger partial charge in [-0.25, -0.2) is 4.39 Å². The summed E-state index contributed by atoms with van der Waals surface area (Å²) in [5, 5.41) is 12.8. The van der Waals surface area contributed by atoms with Gasteiger partial charge in [0.25, 0.3) is 0 Å². The van der Waals surface area contributed by atoms with Crippen molar-refractivity contribution in [3.63, 3.8) is 0 Å². The Labute approximate surface area is 188 Å². The summed E-state index contributed by atoms with van der Waals surface area (Å²) >= 11 is 0. The van der Waals surface area contributed by atoms with Crippen molar-refractivity contribution in [1.29, 1.82) is 5.26 Å². The molecule has 0 bridgehead atoms. The third-order valence-electron chi connectivity index (χ3n) is 6.07. The summed E-state index contributed by atoms with van der Waals surface area (Å²) in [6.07, 6.45) is 2.07. The van der Waals surface area contributed by atoms with Crippen molar-refractivity contribution in [2.75, 3.05) is 11.9 Å². The Hall–Kier alpha value is -3.43. The van der Waals surface area contributed by atoms with Gasteiger partial charge >= 0.3 is 0 Å². The first-order valence-electron chi connectivity index (χ1n) is 10.9. The van der Waals surface area contributed by atoms with Crippen LogP contribution in [0.1, 0.15) is 40.8 Å². The van der Waals surface area contributed by atoms with E-state index in [4.69, 9.17) is 0 Å². The van der Waals surface area contributed by atoms with E-state index < -0.39 is 0 Å². The number of amides is 1. The molecule has 32 heavy (non-hydrogen) atoms. The molecule has 4 rings (SSSR count). The van der Waals surface area contributed by atoms with Crippen LogP contribution in [0.4, 0.5) is 10.2 Å². The fraction of sp³-hybridized carbons (Fsp3) is 0.308. The van der Waals surface area contributed by atoms with Gasteiger partial charge in [-0.3, -0.25) is 9.69 Å². The first-order chi connectivity index (χ1) is 15.5. The Morgan fingerprint density at radius 1 is 1.16 bits per heavy atom. The number of carbonyl (C=O) groups excluding carboxylic acids is 1. The zero-order chi connectivity index (χ0) is 22.7. The number of nitriles is 1. The molecule has 6 heteroatoms. The van der Waals surface area contributed by atoms with Gasteiger partial charge in [-0.1, -0.05) is 42.5 Å². The number of hydrogen-bond donors (Lipinski definition) is 1.